The lowest BCUT2D eigenvalue weighted by atomic mass is 9.85. The zero-order valence-corrected chi connectivity index (χ0v) is 14.0. The van der Waals surface area contributed by atoms with Crippen LogP contribution in [-0.2, 0) is 0 Å². The smallest absolute Gasteiger partial charge is 0.263 e. The molecule has 1 fully saturated rings. The van der Waals surface area contributed by atoms with E-state index < -0.39 is 0 Å². The SMILES string of the molecule is Cc1nc(-c2ccccn2)sc1C(=O)NC1CCCCC1CO. The van der Waals surface area contributed by atoms with Gasteiger partial charge in [-0.1, -0.05) is 18.9 Å². The number of carbonyl (C=O) groups is 1. The van der Waals surface area contributed by atoms with Crippen LogP contribution in [0.5, 0.6) is 0 Å². The standard InChI is InChI=1S/C17H21N3O2S/c1-11-15(23-17(19-11)14-8-4-5-9-18-14)16(22)20-13-7-3-2-6-12(13)10-21/h4-5,8-9,12-13,21H,2-3,6-7,10H2,1H3,(H,20,22). The fourth-order valence-electron chi connectivity index (χ4n) is 3.06. The minimum atomic E-state index is -0.0902. The molecule has 5 nitrogen and oxygen atoms in total. The number of hydrogen-bond donors (Lipinski definition) is 2. The third-order valence-corrected chi connectivity index (χ3v) is 5.53. The summed E-state index contributed by atoms with van der Waals surface area (Å²) in [7, 11) is 0. The number of pyridine rings is 1. The first kappa shape index (κ1) is 16.1. The zero-order chi connectivity index (χ0) is 16.2. The molecule has 2 N–H and O–H groups in total. The van der Waals surface area contributed by atoms with Crippen LogP contribution in [0.1, 0.15) is 41.0 Å². The Morgan fingerprint density at radius 2 is 2.22 bits per heavy atom. The molecule has 0 aromatic carbocycles. The summed E-state index contributed by atoms with van der Waals surface area (Å²) in [5.74, 6) is 0.0729. The Hall–Kier alpha value is -1.79. The number of nitrogens with one attached hydrogen (secondary N) is 1. The molecule has 23 heavy (non-hydrogen) atoms. The lowest BCUT2D eigenvalue weighted by Gasteiger charge is -2.30. The third kappa shape index (κ3) is 3.59. The van der Waals surface area contributed by atoms with Crippen molar-refractivity contribution in [2.75, 3.05) is 6.61 Å². The summed E-state index contributed by atoms with van der Waals surface area (Å²) in [6.45, 7) is 1.98. The number of aliphatic hydroxyl groups excluding tert-OH is 1. The largest absolute Gasteiger partial charge is 0.396 e. The third-order valence-electron chi connectivity index (χ3n) is 4.35. The Kier molecular flexibility index (Phi) is 5.03. The number of thiazole rings is 1. The molecule has 1 aliphatic carbocycles. The first-order valence-electron chi connectivity index (χ1n) is 7.99. The minimum absolute atomic E-state index is 0.0565. The van der Waals surface area contributed by atoms with Gasteiger partial charge in [-0.15, -0.1) is 11.3 Å². The maximum Gasteiger partial charge on any atom is 0.263 e. The molecule has 2 unspecified atom stereocenters. The van der Waals surface area contributed by atoms with Gasteiger partial charge in [0, 0.05) is 24.8 Å². The van der Waals surface area contributed by atoms with Crippen LogP contribution < -0.4 is 5.32 Å². The van der Waals surface area contributed by atoms with Crippen LogP contribution in [0.15, 0.2) is 24.4 Å². The molecule has 0 saturated heterocycles. The van der Waals surface area contributed by atoms with E-state index in [1.165, 1.54) is 11.3 Å². The quantitative estimate of drug-likeness (QED) is 0.903. The fraction of sp³-hybridized carbons (Fsp3) is 0.471. The predicted octanol–water partition coefficient (Wildman–Crippen LogP) is 2.79. The monoisotopic (exact) mass is 331 g/mol. The second-order valence-corrected chi connectivity index (χ2v) is 6.95. The molecule has 1 aliphatic rings. The van der Waals surface area contributed by atoms with E-state index >= 15 is 0 Å². The molecule has 3 rings (SSSR count). The van der Waals surface area contributed by atoms with Crippen molar-refractivity contribution in [3.05, 3.63) is 35.0 Å². The second-order valence-electron chi connectivity index (χ2n) is 5.96. The lowest BCUT2D eigenvalue weighted by molar-refractivity contribution is 0.0876. The molecule has 1 saturated carbocycles. The highest BCUT2D eigenvalue weighted by Gasteiger charge is 2.27. The minimum Gasteiger partial charge on any atom is -0.396 e. The van der Waals surface area contributed by atoms with Crippen molar-refractivity contribution >= 4 is 17.2 Å². The van der Waals surface area contributed by atoms with Crippen LogP contribution in [0.25, 0.3) is 10.7 Å². The predicted molar refractivity (Wildman–Crippen MR) is 90.4 cm³/mol. The second kappa shape index (κ2) is 7.19. The molecule has 2 aromatic rings. The summed E-state index contributed by atoms with van der Waals surface area (Å²) in [6.07, 6.45) is 5.85. The summed E-state index contributed by atoms with van der Waals surface area (Å²) < 4.78 is 0. The van der Waals surface area contributed by atoms with Crippen molar-refractivity contribution in [3.8, 4) is 10.7 Å². The molecular weight excluding hydrogens is 310 g/mol. The van der Waals surface area contributed by atoms with Crippen LogP contribution in [-0.4, -0.2) is 33.6 Å². The van der Waals surface area contributed by atoms with Gasteiger partial charge in [-0.2, -0.15) is 0 Å². The topological polar surface area (TPSA) is 75.1 Å². The average Bonchev–Trinajstić information content (AvgIpc) is 2.98. The number of nitrogens with zero attached hydrogens (tertiary/aromatic N) is 2. The van der Waals surface area contributed by atoms with E-state index in [2.05, 4.69) is 15.3 Å². The molecular formula is C17H21N3O2S. The highest BCUT2D eigenvalue weighted by molar-refractivity contribution is 7.17. The molecule has 2 aromatic heterocycles. The number of rotatable bonds is 4. The van der Waals surface area contributed by atoms with E-state index in [4.69, 9.17) is 0 Å². The van der Waals surface area contributed by atoms with Gasteiger partial charge in [0.25, 0.3) is 5.91 Å². The highest BCUT2D eigenvalue weighted by Crippen LogP contribution is 2.28. The first-order valence-corrected chi connectivity index (χ1v) is 8.81. The number of hydrogen-bond acceptors (Lipinski definition) is 5. The molecule has 1 amide bonds. The van der Waals surface area contributed by atoms with Crippen LogP contribution in [0, 0.1) is 12.8 Å². The molecule has 0 radical (unpaired) electrons. The number of carbonyl (C=O) groups excluding carboxylic acids is 1. The van der Waals surface area contributed by atoms with E-state index in [-0.39, 0.29) is 24.5 Å². The molecule has 0 bridgehead atoms. The van der Waals surface area contributed by atoms with E-state index in [1.54, 1.807) is 6.20 Å². The van der Waals surface area contributed by atoms with Crippen LogP contribution in [0.2, 0.25) is 0 Å². The van der Waals surface area contributed by atoms with Crippen LogP contribution >= 0.6 is 11.3 Å². The Morgan fingerprint density at radius 3 is 2.96 bits per heavy atom. The van der Waals surface area contributed by atoms with Gasteiger partial charge >= 0.3 is 0 Å². The van der Waals surface area contributed by atoms with Gasteiger partial charge < -0.3 is 10.4 Å². The van der Waals surface area contributed by atoms with E-state index in [0.29, 0.717) is 4.88 Å². The molecule has 122 valence electrons. The average molecular weight is 331 g/mol. The van der Waals surface area contributed by atoms with Gasteiger partial charge in [0.1, 0.15) is 9.88 Å². The van der Waals surface area contributed by atoms with Crippen LogP contribution in [0.3, 0.4) is 0 Å². The van der Waals surface area contributed by atoms with Crippen LogP contribution in [0.4, 0.5) is 0 Å². The van der Waals surface area contributed by atoms with Crippen molar-refractivity contribution in [1.29, 1.82) is 0 Å². The van der Waals surface area contributed by atoms with E-state index in [9.17, 15) is 9.90 Å². The number of aryl methyl sites for hydroxylation is 1. The Balaban J connectivity index is 1.76. The summed E-state index contributed by atoms with van der Waals surface area (Å²) in [4.78, 5) is 22.0. The van der Waals surface area contributed by atoms with Gasteiger partial charge in [0.2, 0.25) is 0 Å². The van der Waals surface area contributed by atoms with Gasteiger partial charge in [0.15, 0.2) is 0 Å². The fourth-order valence-corrected chi connectivity index (χ4v) is 4.00. The number of aromatic nitrogens is 2. The molecule has 2 heterocycles. The normalized spacial score (nSPS) is 21.1. The molecule has 6 heteroatoms. The van der Waals surface area contributed by atoms with Crippen molar-refractivity contribution in [3.63, 3.8) is 0 Å². The zero-order valence-electron chi connectivity index (χ0n) is 13.2. The number of amides is 1. The Bertz CT molecular complexity index is 672. The summed E-state index contributed by atoms with van der Waals surface area (Å²) in [5.41, 5.74) is 1.51. The molecule has 0 spiro atoms. The highest BCUT2D eigenvalue weighted by atomic mass is 32.1. The Labute approximate surface area is 139 Å². The van der Waals surface area contributed by atoms with E-state index in [0.717, 1.165) is 42.1 Å². The van der Waals surface area contributed by atoms with Crippen molar-refractivity contribution in [1.82, 2.24) is 15.3 Å². The first-order chi connectivity index (χ1) is 11.2. The van der Waals surface area contributed by atoms with Gasteiger partial charge in [-0.05, 0) is 31.9 Å². The maximum atomic E-state index is 12.6. The van der Waals surface area contributed by atoms with E-state index in [1.807, 2.05) is 25.1 Å². The summed E-state index contributed by atoms with van der Waals surface area (Å²) in [5, 5.41) is 13.3. The summed E-state index contributed by atoms with van der Waals surface area (Å²) >= 11 is 1.37. The molecule has 0 aliphatic heterocycles. The van der Waals surface area contributed by atoms with Crippen molar-refractivity contribution in [2.45, 2.75) is 38.6 Å². The van der Waals surface area contributed by atoms with Crippen molar-refractivity contribution in [2.24, 2.45) is 5.92 Å². The van der Waals surface area contributed by atoms with Crippen molar-refractivity contribution < 1.29 is 9.90 Å². The van der Waals surface area contributed by atoms with Gasteiger partial charge in [0.05, 0.1) is 11.4 Å². The Morgan fingerprint density at radius 1 is 1.39 bits per heavy atom. The number of aliphatic hydroxyl groups is 1. The maximum absolute atomic E-state index is 12.6. The lowest BCUT2D eigenvalue weighted by Crippen LogP contribution is -2.43. The van der Waals surface area contributed by atoms with Gasteiger partial charge in [-0.3, -0.25) is 9.78 Å². The van der Waals surface area contributed by atoms with Gasteiger partial charge in [-0.25, -0.2) is 4.98 Å². The summed E-state index contributed by atoms with van der Waals surface area (Å²) in [6, 6.07) is 5.71. The molecule has 2 atom stereocenters.